The molecule has 0 radical (unpaired) electrons. The van der Waals surface area contributed by atoms with Gasteiger partial charge in [-0.1, -0.05) is 34.8 Å². The predicted molar refractivity (Wildman–Crippen MR) is 65.1 cm³/mol. The molecule has 0 aliphatic heterocycles. The molecule has 16 heavy (non-hydrogen) atoms. The monoisotopic (exact) mass is 304 g/mol. The lowest BCUT2D eigenvalue weighted by molar-refractivity contribution is -0.116. The maximum Gasteiger partial charge on any atom is 0.232 e. The van der Waals surface area contributed by atoms with Crippen LogP contribution in [-0.4, -0.2) is 5.24 Å². The third-order valence-corrected chi connectivity index (χ3v) is 4.14. The highest BCUT2D eigenvalue weighted by Crippen LogP contribution is 2.44. The van der Waals surface area contributed by atoms with Gasteiger partial charge in [0.15, 0.2) is 0 Å². The van der Waals surface area contributed by atoms with Crippen LogP contribution in [0.3, 0.4) is 0 Å². The first-order valence-corrected chi connectivity index (χ1v) is 6.39. The number of hydrogen-bond acceptors (Lipinski definition) is 1. The maximum atomic E-state index is 13.9. The summed E-state index contributed by atoms with van der Waals surface area (Å²) in [6.07, 6.45) is 3.14. The smallest absolute Gasteiger partial charge is 0.232 e. The van der Waals surface area contributed by atoms with E-state index in [9.17, 15) is 9.18 Å². The summed E-state index contributed by atoms with van der Waals surface area (Å²) in [6, 6.07) is 4.79. The van der Waals surface area contributed by atoms with E-state index in [1.165, 1.54) is 6.07 Å². The Balaban J connectivity index is 2.51. The van der Waals surface area contributed by atoms with Gasteiger partial charge < -0.3 is 0 Å². The highest BCUT2D eigenvalue weighted by molar-refractivity contribution is 9.10. The second-order valence-electron chi connectivity index (χ2n) is 4.19. The van der Waals surface area contributed by atoms with Crippen molar-refractivity contribution in [1.29, 1.82) is 0 Å². The summed E-state index contributed by atoms with van der Waals surface area (Å²) in [4.78, 5) is 11.6. The van der Waals surface area contributed by atoms with E-state index in [4.69, 9.17) is 11.6 Å². The molecule has 1 aliphatic carbocycles. The third kappa shape index (κ3) is 1.91. The van der Waals surface area contributed by atoms with Crippen LogP contribution < -0.4 is 0 Å². The molecule has 1 saturated carbocycles. The van der Waals surface area contributed by atoms with Crippen molar-refractivity contribution in [3.05, 3.63) is 34.1 Å². The molecule has 2 rings (SSSR count). The van der Waals surface area contributed by atoms with Crippen molar-refractivity contribution in [2.75, 3.05) is 0 Å². The quantitative estimate of drug-likeness (QED) is 0.750. The van der Waals surface area contributed by atoms with Crippen LogP contribution in [0.15, 0.2) is 22.7 Å². The largest absolute Gasteiger partial charge is 0.280 e. The van der Waals surface area contributed by atoms with Crippen LogP contribution in [0.5, 0.6) is 0 Å². The Bertz CT molecular complexity index is 427. The van der Waals surface area contributed by atoms with Crippen LogP contribution >= 0.6 is 27.5 Å². The van der Waals surface area contributed by atoms with Gasteiger partial charge in [-0.3, -0.25) is 4.79 Å². The molecule has 0 saturated heterocycles. The van der Waals surface area contributed by atoms with Gasteiger partial charge in [0.2, 0.25) is 5.24 Å². The molecular weight excluding hydrogens is 294 g/mol. The lowest BCUT2D eigenvalue weighted by Crippen LogP contribution is -2.30. The fourth-order valence-electron chi connectivity index (χ4n) is 2.43. The van der Waals surface area contributed by atoms with Gasteiger partial charge in [0.05, 0.1) is 5.41 Å². The molecule has 0 amide bonds. The SMILES string of the molecule is O=C(Cl)C1(c2ccc(Br)cc2F)CCCC1. The Hall–Kier alpha value is -0.410. The van der Waals surface area contributed by atoms with Crippen molar-refractivity contribution < 1.29 is 9.18 Å². The summed E-state index contributed by atoms with van der Waals surface area (Å²) in [5, 5.41) is -0.439. The molecule has 0 bridgehead atoms. The number of halogens is 3. The first-order valence-electron chi connectivity index (χ1n) is 5.22. The Morgan fingerprint density at radius 1 is 1.38 bits per heavy atom. The zero-order chi connectivity index (χ0) is 11.8. The van der Waals surface area contributed by atoms with Crippen LogP contribution in [-0.2, 0) is 10.2 Å². The van der Waals surface area contributed by atoms with E-state index in [-0.39, 0.29) is 5.82 Å². The standard InChI is InChI=1S/C12H11BrClFO/c13-8-3-4-9(10(15)7-8)12(11(14)16)5-1-2-6-12/h3-4,7H,1-2,5-6H2. The van der Waals surface area contributed by atoms with Crippen molar-refractivity contribution in [2.45, 2.75) is 31.1 Å². The van der Waals surface area contributed by atoms with Crippen molar-refractivity contribution in [3.63, 3.8) is 0 Å². The van der Waals surface area contributed by atoms with Gasteiger partial charge in [-0.15, -0.1) is 0 Å². The fourth-order valence-corrected chi connectivity index (χ4v) is 3.05. The van der Waals surface area contributed by atoms with Gasteiger partial charge in [0.25, 0.3) is 0 Å². The van der Waals surface area contributed by atoms with Crippen molar-refractivity contribution in [1.82, 2.24) is 0 Å². The normalized spacial score (nSPS) is 18.7. The summed E-state index contributed by atoms with van der Waals surface area (Å²) in [5.74, 6) is -0.356. The van der Waals surface area contributed by atoms with E-state index in [0.29, 0.717) is 22.9 Å². The maximum absolute atomic E-state index is 13.9. The number of benzene rings is 1. The average molecular weight is 306 g/mol. The fraction of sp³-hybridized carbons (Fsp3) is 0.417. The molecule has 0 N–H and O–H groups in total. The van der Waals surface area contributed by atoms with Gasteiger partial charge in [-0.25, -0.2) is 4.39 Å². The Kier molecular flexibility index (Phi) is 3.36. The predicted octanol–water partition coefficient (Wildman–Crippen LogP) is 4.17. The molecule has 86 valence electrons. The van der Waals surface area contributed by atoms with Crippen LogP contribution in [0, 0.1) is 5.82 Å². The Morgan fingerprint density at radius 2 is 2.00 bits per heavy atom. The first-order chi connectivity index (χ1) is 7.56. The average Bonchev–Trinajstić information content (AvgIpc) is 2.67. The van der Waals surface area contributed by atoms with E-state index in [0.717, 1.165) is 12.8 Å². The lowest BCUT2D eigenvalue weighted by Gasteiger charge is -2.25. The van der Waals surface area contributed by atoms with Crippen LogP contribution in [0.25, 0.3) is 0 Å². The molecule has 0 heterocycles. The van der Waals surface area contributed by atoms with Crippen LogP contribution in [0.2, 0.25) is 0 Å². The molecule has 0 spiro atoms. The Morgan fingerprint density at radius 3 is 2.50 bits per heavy atom. The third-order valence-electron chi connectivity index (χ3n) is 3.28. The summed E-state index contributed by atoms with van der Waals surface area (Å²) in [5.41, 5.74) is -0.361. The first kappa shape index (κ1) is 12.1. The minimum absolute atomic E-state index is 0.356. The van der Waals surface area contributed by atoms with E-state index in [1.54, 1.807) is 12.1 Å². The molecule has 1 aliphatic rings. The van der Waals surface area contributed by atoms with Gasteiger partial charge in [0.1, 0.15) is 5.82 Å². The summed E-state index contributed by atoms with van der Waals surface area (Å²) in [7, 11) is 0. The molecule has 0 unspecified atom stereocenters. The summed E-state index contributed by atoms with van der Waals surface area (Å²) >= 11 is 8.87. The number of carbonyl (C=O) groups excluding carboxylic acids is 1. The van der Waals surface area contributed by atoms with E-state index < -0.39 is 10.7 Å². The lowest BCUT2D eigenvalue weighted by atomic mass is 9.80. The second kappa shape index (κ2) is 4.46. The van der Waals surface area contributed by atoms with E-state index in [1.807, 2.05) is 0 Å². The molecule has 4 heteroatoms. The zero-order valence-electron chi connectivity index (χ0n) is 8.60. The molecule has 0 aromatic heterocycles. The molecule has 1 fully saturated rings. The molecule has 1 aromatic rings. The highest BCUT2D eigenvalue weighted by Gasteiger charge is 2.43. The minimum Gasteiger partial charge on any atom is -0.280 e. The number of rotatable bonds is 2. The van der Waals surface area contributed by atoms with Crippen molar-refractivity contribution >= 4 is 32.8 Å². The Labute approximate surface area is 107 Å². The van der Waals surface area contributed by atoms with Crippen molar-refractivity contribution in [2.24, 2.45) is 0 Å². The van der Waals surface area contributed by atoms with Crippen molar-refractivity contribution in [3.8, 4) is 0 Å². The van der Waals surface area contributed by atoms with Gasteiger partial charge in [-0.05, 0) is 36.6 Å². The second-order valence-corrected chi connectivity index (χ2v) is 5.45. The van der Waals surface area contributed by atoms with E-state index in [2.05, 4.69) is 15.9 Å². The van der Waals surface area contributed by atoms with Crippen LogP contribution in [0.1, 0.15) is 31.2 Å². The number of carbonyl (C=O) groups is 1. The molecule has 1 aromatic carbocycles. The molecular formula is C12H11BrClFO. The highest BCUT2D eigenvalue weighted by atomic mass is 79.9. The van der Waals surface area contributed by atoms with E-state index >= 15 is 0 Å². The topological polar surface area (TPSA) is 17.1 Å². The summed E-state index contributed by atoms with van der Waals surface area (Å²) < 4.78 is 14.5. The van der Waals surface area contributed by atoms with Gasteiger partial charge in [-0.2, -0.15) is 0 Å². The zero-order valence-corrected chi connectivity index (χ0v) is 10.9. The number of hydrogen-bond donors (Lipinski definition) is 0. The van der Waals surface area contributed by atoms with Gasteiger partial charge >= 0.3 is 0 Å². The van der Waals surface area contributed by atoms with Gasteiger partial charge in [0, 0.05) is 10.0 Å². The minimum atomic E-state index is -0.799. The van der Waals surface area contributed by atoms with Crippen LogP contribution in [0.4, 0.5) is 4.39 Å². The molecule has 0 atom stereocenters. The molecule has 1 nitrogen and oxygen atoms in total. The summed E-state index contributed by atoms with van der Waals surface area (Å²) in [6.45, 7) is 0.